The molecule has 6 heteroatoms. The predicted octanol–water partition coefficient (Wildman–Crippen LogP) is 3.93. The first-order chi connectivity index (χ1) is 13.2. The van der Waals surface area contributed by atoms with E-state index in [9.17, 15) is 4.79 Å². The normalized spacial score (nSPS) is 15.1. The molecule has 1 aliphatic rings. The van der Waals surface area contributed by atoms with Crippen molar-refractivity contribution in [2.45, 2.75) is 19.4 Å². The molecule has 0 unspecified atom stereocenters. The highest BCUT2D eigenvalue weighted by atomic mass is 79.9. The van der Waals surface area contributed by atoms with Crippen molar-refractivity contribution >= 4 is 38.6 Å². The second kappa shape index (κ2) is 8.05. The van der Waals surface area contributed by atoms with Crippen LogP contribution in [0.4, 0.5) is 5.82 Å². The van der Waals surface area contributed by atoms with E-state index in [0.29, 0.717) is 6.54 Å². The van der Waals surface area contributed by atoms with Crippen molar-refractivity contribution in [1.82, 2.24) is 15.3 Å². The van der Waals surface area contributed by atoms with Crippen molar-refractivity contribution in [3.05, 3.63) is 64.9 Å². The van der Waals surface area contributed by atoms with Crippen LogP contribution in [0.1, 0.15) is 18.4 Å². The summed E-state index contributed by atoms with van der Waals surface area (Å²) >= 11 is 3.53. The third-order valence-electron chi connectivity index (χ3n) is 5.05. The van der Waals surface area contributed by atoms with Gasteiger partial charge in [0.1, 0.15) is 12.1 Å². The maximum atomic E-state index is 12.5. The number of fused-ring (bicyclic) bond motifs is 1. The number of anilines is 1. The fraction of sp³-hybridized carbons (Fsp3) is 0.286. The van der Waals surface area contributed by atoms with E-state index in [-0.39, 0.29) is 11.8 Å². The molecule has 0 atom stereocenters. The summed E-state index contributed by atoms with van der Waals surface area (Å²) in [7, 11) is 0. The lowest BCUT2D eigenvalue weighted by Gasteiger charge is -2.32. The SMILES string of the molecule is O=C(NCc1ccccc1)C1CCN(c2ncnc3ccc(Br)cc23)CC1. The van der Waals surface area contributed by atoms with Gasteiger partial charge in [0.05, 0.1) is 5.52 Å². The number of hydrogen-bond acceptors (Lipinski definition) is 4. The Bertz CT molecular complexity index is 939. The van der Waals surface area contributed by atoms with Crippen LogP contribution in [-0.4, -0.2) is 29.0 Å². The Labute approximate surface area is 166 Å². The van der Waals surface area contributed by atoms with Gasteiger partial charge in [-0.05, 0) is 36.6 Å². The van der Waals surface area contributed by atoms with Crippen molar-refractivity contribution < 1.29 is 4.79 Å². The van der Waals surface area contributed by atoms with E-state index in [1.54, 1.807) is 6.33 Å². The lowest BCUT2D eigenvalue weighted by molar-refractivity contribution is -0.125. The average Bonchev–Trinajstić information content (AvgIpc) is 2.72. The lowest BCUT2D eigenvalue weighted by Crippen LogP contribution is -2.40. The molecule has 1 aliphatic heterocycles. The van der Waals surface area contributed by atoms with Gasteiger partial charge in [0.25, 0.3) is 0 Å². The smallest absolute Gasteiger partial charge is 0.223 e. The maximum Gasteiger partial charge on any atom is 0.223 e. The summed E-state index contributed by atoms with van der Waals surface area (Å²) in [6.07, 6.45) is 3.28. The van der Waals surface area contributed by atoms with E-state index in [0.717, 1.165) is 52.7 Å². The highest BCUT2D eigenvalue weighted by molar-refractivity contribution is 9.10. The zero-order valence-electron chi connectivity index (χ0n) is 14.9. The zero-order chi connectivity index (χ0) is 18.6. The first-order valence-corrected chi connectivity index (χ1v) is 9.97. The van der Waals surface area contributed by atoms with E-state index in [4.69, 9.17) is 0 Å². The van der Waals surface area contributed by atoms with Crippen LogP contribution in [0.15, 0.2) is 59.3 Å². The topological polar surface area (TPSA) is 58.1 Å². The molecule has 0 saturated carbocycles. The van der Waals surface area contributed by atoms with Gasteiger partial charge in [0.2, 0.25) is 5.91 Å². The number of nitrogens with one attached hydrogen (secondary N) is 1. The number of carbonyl (C=O) groups excluding carboxylic acids is 1. The summed E-state index contributed by atoms with van der Waals surface area (Å²) in [6, 6.07) is 16.1. The van der Waals surface area contributed by atoms with Gasteiger partial charge < -0.3 is 10.2 Å². The monoisotopic (exact) mass is 424 g/mol. The molecule has 1 aromatic heterocycles. The number of nitrogens with zero attached hydrogens (tertiary/aromatic N) is 3. The molecule has 1 amide bonds. The fourth-order valence-electron chi connectivity index (χ4n) is 3.55. The summed E-state index contributed by atoms with van der Waals surface area (Å²) in [5.41, 5.74) is 2.06. The Morgan fingerprint density at radius 1 is 1.11 bits per heavy atom. The van der Waals surface area contributed by atoms with E-state index in [1.807, 2.05) is 42.5 Å². The molecular weight excluding hydrogens is 404 g/mol. The third kappa shape index (κ3) is 4.11. The number of aromatic nitrogens is 2. The minimum atomic E-state index is 0.0600. The Morgan fingerprint density at radius 3 is 2.67 bits per heavy atom. The summed E-state index contributed by atoms with van der Waals surface area (Å²) < 4.78 is 1.02. The van der Waals surface area contributed by atoms with Gasteiger partial charge in [0, 0.05) is 35.4 Å². The number of amides is 1. The van der Waals surface area contributed by atoms with Crippen molar-refractivity contribution in [3.8, 4) is 0 Å². The van der Waals surface area contributed by atoms with Gasteiger partial charge in [-0.3, -0.25) is 4.79 Å². The largest absolute Gasteiger partial charge is 0.356 e. The highest BCUT2D eigenvalue weighted by Crippen LogP contribution is 2.29. The summed E-state index contributed by atoms with van der Waals surface area (Å²) in [5.74, 6) is 1.16. The second-order valence-corrected chi connectivity index (χ2v) is 7.74. The van der Waals surface area contributed by atoms with Crippen LogP contribution >= 0.6 is 15.9 Å². The molecule has 2 aromatic carbocycles. The summed E-state index contributed by atoms with van der Waals surface area (Å²) in [5, 5.41) is 4.11. The molecule has 0 aliphatic carbocycles. The van der Waals surface area contributed by atoms with Crippen molar-refractivity contribution in [2.75, 3.05) is 18.0 Å². The first-order valence-electron chi connectivity index (χ1n) is 9.17. The molecule has 0 bridgehead atoms. The molecule has 138 valence electrons. The lowest BCUT2D eigenvalue weighted by atomic mass is 9.95. The molecule has 0 radical (unpaired) electrons. The van der Waals surface area contributed by atoms with E-state index < -0.39 is 0 Å². The van der Waals surface area contributed by atoms with E-state index in [2.05, 4.69) is 42.2 Å². The van der Waals surface area contributed by atoms with Gasteiger partial charge in [0.15, 0.2) is 0 Å². The highest BCUT2D eigenvalue weighted by Gasteiger charge is 2.26. The minimum absolute atomic E-state index is 0.0600. The molecular formula is C21H21BrN4O. The quantitative estimate of drug-likeness (QED) is 0.689. The standard InChI is InChI=1S/C21H21BrN4O/c22-17-6-7-19-18(12-17)20(25-14-24-19)26-10-8-16(9-11-26)21(27)23-13-15-4-2-1-3-5-15/h1-7,12,14,16H,8-11,13H2,(H,23,27). The second-order valence-electron chi connectivity index (χ2n) is 6.82. The molecule has 4 rings (SSSR count). The van der Waals surface area contributed by atoms with E-state index >= 15 is 0 Å². The molecule has 2 heterocycles. The van der Waals surface area contributed by atoms with Crippen molar-refractivity contribution in [2.24, 2.45) is 5.92 Å². The Hall–Kier alpha value is -2.47. The minimum Gasteiger partial charge on any atom is -0.356 e. The first kappa shape index (κ1) is 17.9. The van der Waals surface area contributed by atoms with Gasteiger partial charge in [-0.15, -0.1) is 0 Å². The Morgan fingerprint density at radius 2 is 1.89 bits per heavy atom. The zero-order valence-corrected chi connectivity index (χ0v) is 16.5. The van der Waals surface area contributed by atoms with Crippen LogP contribution < -0.4 is 10.2 Å². The van der Waals surface area contributed by atoms with Gasteiger partial charge in [-0.2, -0.15) is 0 Å². The van der Waals surface area contributed by atoms with Gasteiger partial charge >= 0.3 is 0 Å². The van der Waals surface area contributed by atoms with Crippen LogP contribution in [0.5, 0.6) is 0 Å². The van der Waals surface area contributed by atoms with Crippen LogP contribution in [0, 0.1) is 5.92 Å². The van der Waals surface area contributed by atoms with Crippen LogP contribution in [-0.2, 0) is 11.3 Å². The number of piperidine rings is 1. The molecule has 1 saturated heterocycles. The summed E-state index contributed by atoms with van der Waals surface area (Å²) in [4.78, 5) is 23.6. The number of hydrogen-bond donors (Lipinski definition) is 1. The molecule has 0 spiro atoms. The van der Waals surface area contributed by atoms with Gasteiger partial charge in [-0.25, -0.2) is 9.97 Å². The molecule has 5 nitrogen and oxygen atoms in total. The fourth-order valence-corrected chi connectivity index (χ4v) is 3.91. The predicted molar refractivity (Wildman–Crippen MR) is 110 cm³/mol. The van der Waals surface area contributed by atoms with Gasteiger partial charge in [-0.1, -0.05) is 46.3 Å². The van der Waals surface area contributed by atoms with Crippen molar-refractivity contribution in [3.63, 3.8) is 0 Å². The number of benzene rings is 2. The van der Waals surface area contributed by atoms with Crippen LogP contribution in [0.25, 0.3) is 10.9 Å². The van der Waals surface area contributed by atoms with Crippen molar-refractivity contribution in [1.29, 1.82) is 0 Å². The molecule has 27 heavy (non-hydrogen) atoms. The van der Waals surface area contributed by atoms with E-state index in [1.165, 1.54) is 0 Å². The number of halogens is 1. The summed E-state index contributed by atoms with van der Waals surface area (Å²) in [6.45, 7) is 2.23. The molecule has 1 N–H and O–H groups in total. The average molecular weight is 425 g/mol. The third-order valence-corrected chi connectivity index (χ3v) is 5.54. The Balaban J connectivity index is 1.39. The number of carbonyl (C=O) groups is 1. The van der Waals surface area contributed by atoms with Crippen LogP contribution in [0.3, 0.4) is 0 Å². The molecule has 1 fully saturated rings. The molecule has 3 aromatic rings. The Kier molecular flexibility index (Phi) is 5.34. The van der Waals surface area contributed by atoms with Crippen LogP contribution in [0.2, 0.25) is 0 Å². The maximum absolute atomic E-state index is 12.5. The number of rotatable bonds is 4.